The molecule has 0 spiro atoms. The van der Waals surface area contributed by atoms with Gasteiger partial charge in [0.15, 0.2) is 5.69 Å². The molecule has 1 aliphatic heterocycles. The average Bonchev–Trinajstić information content (AvgIpc) is 2.33. The largest absolute Gasteiger partial charge is 0.366 e. The van der Waals surface area contributed by atoms with Gasteiger partial charge in [0.05, 0.1) is 0 Å². The van der Waals surface area contributed by atoms with Crippen LogP contribution in [0.5, 0.6) is 0 Å². The molecule has 0 aliphatic carbocycles. The first-order valence-corrected chi connectivity index (χ1v) is 5.47. The molecule has 5 heteroatoms. The lowest BCUT2D eigenvalue weighted by molar-refractivity contribution is 0.263. The predicted octanol–water partition coefficient (Wildman–Crippen LogP) is 0.854. The van der Waals surface area contributed by atoms with Gasteiger partial charge in [0.25, 0.3) is 0 Å². The van der Waals surface area contributed by atoms with E-state index in [-0.39, 0.29) is 0 Å². The van der Waals surface area contributed by atoms with Gasteiger partial charge in [-0.05, 0) is 45.1 Å². The third-order valence-corrected chi connectivity index (χ3v) is 2.85. The van der Waals surface area contributed by atoms with Crippen molar-refractivity contribution in [3.63, 3.8) is 0 Å². The Kier molecular flexibility index (Phi) is 3.32. The number of hydrogen-bond donors (Lipinski definition) is 1. The van der Waals surface area contributed by atoms with Crippen molar-refractivity contribution in [1.82, 2.24) is 15.1 Å². The average molecular weight is 217 g/mol. The van der Waals surface area contributed by atoms with Crippen LogP contribution in [-0.4, -0.2) is 41.3 Å². The fraction of sp³-hybridized carbons (Fsp3) is 0.545. The molecule has 0 radical (unpaired) electrons. The zero-order chi connectivity index (χ0) is 11.4. The van der Waals surface area contributed by atoms with Gasteiger partial charge in [-0.25, -0.2) is 0 Å². The third kappa shape index (κ3) is 2.67. The Morgan fingerprint density at radius 3 is 2.69 bits per heavy atom. The summed E-state index contributed by atoms with van der Waals surface area (Å²) in [6.07, 6.45) is 2.25. The van der Waals surface area contributed by atoms with Gasteiger partial charge < -0.3 is 10.2 Å². The SMILES string of the molecule is CN1CCC(Nc2ccc(C#N)nn2)CC1. The number of rotatable bonds is 2. The number of piperidine rings is 1. The summed E-state index contributed by atoms with van der Waals surface area (Å²) in [6, 6.07) is 5.92. The molecule has 0 saturated carbocycles. The molecule has 1 fully saturated rings. The first-order chi connectivity index (χ1) is 7.78. The maximum atomic E-state index is 8.60. The van der Waals surface area contributed by atoms with Crippen LogP contribution in [0.1, 0.15) is 18.5 Å². The first kappa shape index (κ1) is 10.8. The van der Waals surface area contributed by atoms with E-state index in [1.807, 2.05) is 12.1 Å². The van der Waals surface area contributed by atoms with Gasteiger partial charge in [0, 0.05) is 6.04 Å². The fourth-order valence-electron chi connectivity index (χ4n) is 1.83. The molecule has 0 unspecified atom stereocenters. The van der Waals surface area contributed by atoms with E-state index in [4.69, 9.17) is 5.26 Å². The number of aromatic nitrogens is 2. The fourth-order valence-corrected chi connectivity index (χ4v) is 1.83. The molecule has 1 aliphatic rings. The standard InChI is InChI=1S/C11H15N5/c1-16-6-4-9(5-7-16)13-11-3-2-10(8-12)14-15-11/h2-3,9H,4-7H2,1H3,(H,13,15). The Bertz CT molecular complexity index is 372. The van der Waals surface area contributed by atoms with Crippen LogP contribution < -0.4 is 5.32 Å². The molecular formula is C11H15N5. The zero-order valence-electron chi connectivity index (χ0n) is 9.35. The summed E-state index contributed by atoms with van der Waals surface area (Å²) < 4.78 is 0. The second-order valence-electron chi connectivity index (χ2n) is 4.14. The van der Waals surface area contributed by atoms with Crippen LogP contribution in [0.15, 0.2) is 12.1 Å². The topological polar surface area (TPSA) is 64.8 Å². The Labute approximate surface area is 95.1 Å². The smallest absolute Gasteiger partial charge is 0.163 e. The van der Waals surface area contributed by atoms with Gasteiger partial charge in [0.2, 0.25) is 0 Å². The maximum absolute atomic E-state index is 8.60. The number of hydrogen-bond acceptors (Lipinski definition) is 5. The molecule has 0 bridgehead atoms. The van der Waals surface area contributed by atoms with E-state index in [0.717, 1.165) is 31.7 Å². The molecule has 0 aromatic carbocycles. The molecule has 0 atom stereocenters. The van der Waals surface area contributed by atoms with E-state index < -0.39 is 0 Å². The van der Waals surface area contributed by atoms with Gasteiger partial charge in [-0.15, -0.1) is 10.2 Å². The number of likely N-dealkylation sites (tertiary alicyclic amines) is 1. The van der Waals surface area contributed by atoms with E-state index in [1.165, 1.54) is 0 Å². The monoisotopic (exact) mass is 217 g/mol. The minimum Gasteiger partial charge on any atom is -0.366 e. The molecule has 1 saturated heterocycles. The predicted molar refractivity (Wildman–Crippen MR) is 60.9 cm³/mol. The highest BCUT2D eigenvalue weighted by molar-refractivity contribution is 5.36. The van der Waals surface area contributed by atoms with E-state index >= 15 is 0 Å². The summed E-state index contributed by atoms with van der Waals surface area (Å²) in [7, 11) is 2.14. The molecule has 5 nitrogen and oxygen atoms in total. The van der Waals surface area contributed by atoms with E-state index in [9.17, 15) is 0 Å². The van der Waals surface area contributed by atoms with Crippen LogP contribution in [0, 0.1) is 11.3 Å². The van der Waals surface area contributed by atoms with Gasteiger partial charge in [-0.1, -0.05) is 0 Å². The first-order valence-electron chi connectivity index (χ1n) is 5.47. The highest BCUT2D eigenvalue weighted by Crippen LogP contribution is 2.13. The van der Waals surface area contributed by atoms with Crippen molar-refractivity contribution < 1.29 is 0 Å². The molecule has 84 valence electrons. The minimum absolute atomic E-state index is 0.355. The summed E-state index contributed by atoms with van der Waals surface area (Å²) in [6.45, 7) is 2.22. The van der Waals surface area contributed by atoms with Crippen molar-refractivity contribution in [3.05, 3.63) is 17.8 Å². The highest BCUT2D eigenvalue weighted by Gasteiger charge is 2.16. The van der Waals surface area contributed by atoms with Crippen LogP contribution in [0.4, 0.5) is 5.82 Å². The lowest BCUT2D eigenvalue weighted by Gasteiger charge is -2.29. The zero-order valence-corrected chi connectivity index (χ0v) is 9.35. The summed E-state index contributed by atoms with van der Waals surface area (Å²) in [5, 5.41) is 19.7. The van der Waals surface area contributed by atoms with Crippen LogP contribution >= 0.6 is 0 Å². The number of anilines is 1. The summed E-state index contributed by atoms with van der Waals surface area (Å²) >= 11 is 0. The van der Waals surface area contributed by atoms with Crippen LogP contribution in [-0.2, 0) is 0 Å². The van der Waals surface area contributed by atoms with Crippen molar-refractivity contribution in [2.45, 2.75) is 18.9 Å². The number of nitrogens with zero attached hydrogens (tertiary/aromatic N) is 4. The molecule has 2 rings (SSSR count). The Morgan fingerprint density at radius 1 is 1.38 bits per heavy atom. The number of nitriles is 1. The summed E-state index contributed by atoms with van der Waals surface area (Å²) in [4.78, 5) is 2.32. The van der Waals surface area contributed by atoms with Crippen molar-refractivity contribution in [1.29, 1.82) is 5.26 Å². The lowest BCUT2D eigenvalue weighted by atomic mass is 10.1. The van der Waals surface area contributed by atoms with Gasteiger partial charge in [0.1, 0.15) is 11.9 Å². The quantitative estimate of drug-likeness (QED) is 0.795. The van der Waals surface area contributed by atoms with Crippen molar-refractivity contribution >= 4 is 5.82 Å². The minimum atomic E-state index is 0.355. The molecule has 1 aromatic rings. The lowest BCUT2D eigenvalue weighted by Crippen LogP contribution is -2.36. The van der Waals surface area contributed by atoms with E-state index in [1.54, 1.807) is 6.07 Å². The van der Waals surface area contributed by atoms with Crippen molar-refractivity contribution in [2.75, 3.05) is 25.5 Å². The second-order valence-corrected chi connectivity index (χ2v) is 4.14. The molecule has 1 N–H and O–H groups in total. The summed E-state index contributed by atoms with van der Waals surface area (Å²) in [5.74, 6) is 0.758. The van der Waals surface area contributed by atoms with Crippen LogP contribution in [0.3, 0.4) is 0 Å². The van der Waals surface area contributed by atoms with Gasteiger partial charge >= 0.3 is 0 Å². The summed E-state index contributed by atoms with van der Waals surface area (Å²) in [5.41, 5.74) is 0.355. The van der Waals surface area contributed by atoms with Gasteiger partial charge in [-0.3, -0.25) is 0 Å². The number of nitrogens with one attached hydrogen (secondary N) is 1. The molecule has 1 aromatic heterocycles. The highest BCUT2D eigenvalue weighted by atomic mass is 15.2. The maximum Gasteiger partial charge on any atom is 0.163 e. The molecule has 16 heavy (non-hydrogen) atoms. The van der Waals surface area contributed by atoms with Crippen molar-refractivity contribution in [3.8, 4) is 6.07 Å². The van der Waals surface area contributed by atoms with Crippen LogP contribution in [0.2, 0.25) is 0 Å². The third-order valence-electron chi connectivity index (χ3n) is 2.85. The molecule has 2 heterocycles. The van der Waals surface area contributed by atoms with Crippen LogP contribution in [0.25, 0.3) is 0 Å². The Hall–Kier alpha value is -1.67. The van der Waals surface area contributed by atoms with Gasteiger partial charge in [-0.2, -0.15) is 5.26 Å². The molecule has 0 amide bonds. The van der Waals surface area contributed by atoms with Crippen molar-refractivity contribution in [2.24, 2.45) is 0 Å². The Morgan fingerprint density at radius 2 is 2.12 bits per heavy atom. The Balaban J connectivity index is 1.91. The van der Waals surface area contributed by atoms with E-state index in [2.05, 4.69) is 27.5 Å². The normalized spacial score (nSPS) is 18.0. The second kappa shape index (κ2) is 4.90. The van der Waals surface area contributed by atoms with E-state index in [0.29, 0.717) is 11.7 Å². The molecular weight excluding hydrogens is 202 g/mol.